The van der Waals surface area contributed by atoms with Crippen molar-refractivity contribution < 1.29 is 22.7 Å². The number of alkyl carbamates (subject to hydrolysis) is 1. The summed E-state index contributed by atoms with van der Waals surface area (Å²) in [6, 6.07) is 5.47. The van der Waals surface area contributed by atoms with Gasteiger partial charge in [0, 0.05) is 23.9 Å². The van der Waals surface area contributed by atoms with Crippen molar-refractivity contribution in [2.45, 2.75) is 31.2 Å². The molecule has 10 heteroatoms. The third-order valence-corrected chi connectivity index (χ3v) is 4.31. The summed E-state index contributed by atoms with van der Waals surface area (Å²) >= 11 is 7.38. The molecule has 0 aliphatic carbocycles. The van der Waals surface area contributed by atoms with Crippen molar-refractivity contribution in [3.05, 3.63) is 23.2 Å². The smallest absolute Gasteiger partial charge is 0.422 e. The lowest BCUT2D eigenvalue weighted by atomic mass is 10.3. The van der Waals surface area contributed by atoms with Crippen LogP contribution in [-0.4, -0.2) is 40.7 Å². The van der Waals surface area contributed by atoms with Crippen molar-refractivity contribution in [2.75, 3.05) is 18.9 Å². The monoisotopic (exact) mass is 395 g/mol. The molecule has 0 fully saturated rings. The number of aromatic nitrogens is 2. The third-order valence-electron chi connectivity index (χ3n) is 3.09. The second-order valence-corrected chi connectivity index (χ2v) is 6.64. The zero-order valence-corrected chi connectivity index (χ0v) is 15.0. The summed E-state index contributed by atoms with van der Waals surface area (Å²) in [5.74, 6) is 0.446. The van der Waals surface area contributed by atoms with E-state index in [2.05, 4.69) is 26.5 Å². The number of amides is 1. The number of hydrogen-bond donors (Lipinski definition) is 1. The summed E-state index contributed by atoms with van der Waals surface area (Å²) in [4.78, 5) is 15.7. The van der Waals surface area contributed by atoms with E-state index in [9.17, 15) is 18.0 Å². The van der Waals surface area contributed by atoms with Gasteiger partial charge in [-0.05, 0) is 24.6 Å². The second kappa shape index (κ2) is 8.66. The van der Waals surface area contributed by atoms with Crippen molar-refractivity contribution in [3.8, 4) is 0 Å². The molecule has 0 atom stereocenters. The van der Waals surface area contributed by atoms with Gasteiger partial charge in [0.05, 0.1) is 11.0 Å². The van der Waals surface area contributed by atoms with Gasteiger partial charge in [-0.15, -0.1) is 0 Å². The van der Waals surface area contributed by atoms with Crippen LogP contribution in [0.2, 0.25) is 5.02 Å². The number of thioether (sulfide) groups is 1. The summed E-state index contributed by atoms with van der Waals surface area (Å²) in [7, 11) is 0. The van der Waals surface area contributed by atoms with Gasteiger partial charge in [-0.2, -0.15) is 13.2 Å². The minimum Gasteiger partial charge on any atom is -0.440 e. The maximum Gasteiger partial charge on any atom is 0.422 e. The van der Waals surface area contributed by atoms with Gasteiger partial charge in [0.2, 0.25) is 0 Å². The molecule has 0 saturated heterocycles. The van der Waals surface area contributed by atoms with Crippen LogP contribution in [0.25, 0.3) is 11.0 Å². The van der Waals surface area contributed by atoms with E-state index in [1.165, 1.54) is 11.8 Å². The first-order chi connectivity index (χ1) is 11.8. The predicted octanol–water partition coefficient (Wildman–Crippen LogP) is 4.48. The van der Waals surface area contributed by atoms with E-state index in [4.69, 9.17) is 11.6 Å². The molecule has 0 spiro atoms. The molecule has 0 bridgehead atoms. The molecule has 1 aromatic heterocycles. The molecule has 1 aromatic carbocycles. The Morgan fingerprint density at radius 2 is 2.20 bits per heavy atom. The van der Waals surface area contributed by atoms with Crippen molar-refractivity contribution >= 4 is 40.5 Å². The first-order valence-corrected chi connectivity index (χ1v) is 8.92. The highest BCUT2D eigenvalue weighted by Gasteiger charge is 2.29. The molecule has 0 unspecified atom stereocenters. The number of rotatable bonds is 7. The number of aryl methyl sites for hydroxylation is 1. The fourth-order valence-electron chi connectivity index (χ4n) is 2.12. The van der Waals surface area contributed by atoms with Crippen LogP contribution in [0.1, 0.15) is 13.3 Å². The van der Waals surface area contributed by atoms with Gasteiger partial charge in [0.25, 0.3) is 0 Å². The van der Waals surface area contributed by atoms with Crippen LogP contribution < -0.4 is 5.32 Å². The number of carbonyl (C=O) groups is 1. The van der Waals surface area contributed by atoms with Gasteiger partial charge in [0.15, 0.2) is 11.8 Å². The van der Waals surface area contributed by atoms with E-state index in [1.54, 1.807) is 12.1 Å². The Morgan fingerprint density at radius 3 is 2.88 bits per heavy atom. The Morgan fingerprint density at radius 1 is 1.44 bits per heavy atom. The fraction of sp³-hybridized carbons (Fsp3) is 0.467. The number of nitrogens with one attached hydrogen (secondary N) is 1. The Hall–Kier alpha value is -1.61. The molecular formula is C15H17ClF3N3O2S. The van der Waals surface area contributed by atoms with Crippen LogP contribution in [0, 0.1) is 0 Å². The van der Waals surface area contributed by atoms with Gasteiger partial charge in [0.1, 0.15) is 0 Å². The van der Waals surface area contributed by atoms with Crippen LogP contribution in [0.3, 0.4) is 0 Å². The topological polar surface area (TPSA) is 56.2 Å². The molecule has 5 nitrogen and oxygen atoms in total. The number of benzene rings is 1. The van der Waals surface area contributed by atoms with Crippen molar-refractivity contribution in [3.63, 3.8) is 0 Å². The van der Waals surface area contributed by atoms with E-state index < -0.39 is 18.9 Å². The average molecular weight is 396 g/mol. The van der Waals surface area contributed by atoms with E-state index in [0.717, 1.165) is 29.2 Å². The van der Waals surface area contributed by atoms with Crippen LogP contribution >= 0.6 is 23.4 Å². The number of hydrogen-bond acceptors (Lipinski definition) is 4. The lowest BCUT2D eigenvalue weighted by molar-refractivity contribution is -0.160. The number of alkyl halides is 3. The summed E-state index contributed by atoms with van der Waals surface area (Å²) in [6.07, 6.45) is -4.70. The zero-order chi connectivity index (χ0) is 18.4. The third kappa shape index (κ3) is 6.00. The minimum absolute atomic E-state index is 0.164. The van der Waals surface area contributed by atoms with Crippen LogP contribution in [0.15, 0.2) is 23.4 Å². The lowest BCUT2D eigenvalue weighted by Crippen LogP contribution is -2.30. The van der Waals surface area contributed by atoms with Gasteiger partial charge in [-0.1, -0.05) is 30.3 Å². The number of halogens is 4. The predicted molar refractivity (Wildman–Crippen MR) is 91.2 cm³/mol. The van der Waals surface area contributed by atoms with Crippen molar-refractivity contribution in [1.82, 2.24) is 14.9 Å². The van der Waals surface area contributed by atoms with Gasteiger partial charge < -0.3 is 14.6 Å². The Labute approximate surface area is 151 Å². The summed E-state index contributed by atoms with van der Waals surface area (Å²) < 4.78 is 41.9. The largest absolute Gasteiger partial charge is 0.440 e. The fourth-order valence-corrected chi connectivity index (χ4v) is 3.19. The molecule has 2 aromatic rings. The van der Waals surface area contributed by atoms with E-state index in [1.807, 2.05) is 6.07 Å². The number of ether oxygens (including phenoxy) is 1. The van der Waals surface area contributed by atoms with Crippen LogP contribution in [-0.2, 0) is 11.3 Å². The van der Waals surface area contributed by atoms with Gasteiger partial charge in [-0.3, -0.25) is 0 Å². The van der Waals surface area contributed by atoms with Crippen LogP contribution in [0.5, 0.6) is 0 Å². The SMILES string of the molecule is CCCn1c(SCCNC(=O)OCC(F)(F)F)nc2cc(Cl)ccc21. The average Bonchev–Trinajstić information content (AvgIpc) is 2.86. The molecule has 1 N–H and O–H groups in total. The van der Waals surface area contributed by atoms with Crippen LogP contribution in [0.4, 0.5) is 18.0 Å². The highest BCUT2D eigenvalue weighted by Crippen LogP contribution is 2.26. The normalized spacial score (nSPS) is 11.7. The zero-order valence-electron chi connectivity index (χ0n) is 13.4. The quantitative estimate of drug-likeness (QED) is 0.554. The van der Waals surface area contributed by atoms with Gasteiger partial charge >= 0.3 is 12.3 Å². The number of carbonyl (C=O) groups excluding carboxylic acids is 1. The number of nitrogens with zero attached hydrogens (tertiary/aromatic N) is 2. The maximum atomic E-state index is 11.9. The molecular weight excluding hydrogens is 379 g/mol. The Kier molecular flexibility index (Phi) is 6.83. The molecule has 0 aliphatic rings. The van der Waals surface area contributed by atoms with Gasteiger partial charge in [-0.25, -0.2) is 9.78 Å². The Balaban J connectivity index is 1.90. The van der Waals surface area contributed by atoms with Crippen molar-refractivity contribution in [2.24, 2.45) is 0 Å². The van der Waals surface area contributed by atoms with Crippen molar-refractivity contribution in [1.29, 1.82) is 0 Å². The first kappa shape index (κ1) is 19.7. The highest BCUT2D eigenvalue weighted by atomic mass is 35.5. The molecule has 1 heterocycles. The summed E-state index contributed by atoms with van der Waals surface area (Å²) in [6.45, 7) is 1.40. The van der Waals surface area contributed by atoms with E-state index in [0.29, 0.717) is 10.8 Å². The molecule has 0 aliphatic heterocycles. The van der Waals surface area contributed by atoms with E-state index in [-0.39, 0.29) is 6.54 Å². The standard InChI is InChI=1S/C15H17ClF3N3O2S/c1-2-6-22-12-4-3-10(16)8-11(12)21-13(22)25-7-5-20-14(23)24-9-15(17,18)19/h3-4,8H,2,5-7,9H2,1H3,(H,20,23). The molecule has 138 valence electrons. The number of fused-ring (bicyclic) bond motifs is 1. The summed E-state index contributed by atoms with van der Waals surface area (Å²) in [5, 5.41) is 3.64. The molecule has 25 heavy (non-hydrogen) atoms. The lowest BCUT2D eigenvalue weighted by Gasteiger charge is -2.09. The first-order valence-electron chi connectivity index (χ1n) is 7.56. The Bertz CT molecular complexity index is 737. The number of imidazole rings is 1. The molecule has 0 radical (unpaired) electrons. The highest BCUT2D eigenvalue weighted by molar-refractivity contribution is 7.99. The summed E-state index contributed by atoms with van der Waals surface area (Å²) in [5.41, 5.74) is 1.74. The minimum atomic E-state index is -4.53. The van der Waals surface area contributed by atoms with E-state index >= 15 is 0 Å². The molecule has 0 saturated carbocycles. The molecule has 1 amide bonds. The second-order valence-electron chi connectivity index (χ2n) is 5.15. The molecule has 2 rings (SSSR count). The maximum absolute atomic E-state index is 11.9.